The molecule has 0 amide bonds. The summed E-state index contributed by atoms with van der Waals surface area (Å²) in [6.45, 7) is 4.47. The van der Waals surface area contributed by atoms with E-state index in [2.05, 4.69) is 9.13 Å². The van der Waals surface area contributed by atoms with E-state index in [0.717, 1.165) is 13.1 Å². The van der Waals surface area contributed by atoms with Gasteiger partial charge in [-0.3, -0.25) is 0 Å². The number of ether oxygens (including phenoxy) is 2. The van der Waals surface area contributed by atoms with Crippen molar-refractivity contribution in [3.63, 3.8) is 0 Å². The molecule has 0 fully saturated rings. The molecule has 0 saturated carbocycles. The van der Waals surface area contributed by atoms with Crippen LogP contribution in [0.15, 0.2) is 37.4 Å². The van der Waals surface area contributed by atoms with Crippen molar-refractivity contribution in [2.24, 2.45) is 14.1 Å². The van der Waals surface area contributed by atoms with Gasteiger partial charge in [0.1, 0.15) is 37.9 Å². The van der Waals surface area contributed by atoms with Crippen LogP contribution < -0.4 is 9.13 Å². The Kier molecular flexibility index (Phi) is 10.2. The molecule has 0 aliphatic carbocycles. The largest absolute Gasteiger partial charge is 0.375 e. The van der Waals surface area contributed by atoms with E-state index in [1.165, 1.54) is 0 Å². The van der Waals surface area contributed by atoms with Crippen LogP contribution in [0, 0.1) is 0 Å². The van der Waals surface area contributed by atoms with E-state index in [4.69, 9.17) is 9.47 Å². The normalized spacial score (nSPS) is 10.1. The number of hydrogen-bond donors (Lipinski definition) is 0. The summed E-state index contributed by atoms with van der Waals surface area (Å²) in [5.74, 6) is 0. The highest BCUT2D eigenvalue weighted by Crippen LogP contribution is 1.88. The summed E-state index contributed by atoms with van der Waals surface area (Å²) < 4.78 is 19.3. The lowest BCUT2D eigenvalue weighted by atomic mass is 10.6. The van der Waals surface area contributed by atoms with Gasteiger partial charge in [0, 0.05) is 0 Å². The molecule has 22 heavy (non-hydrogen) atoms. The second-order valence-corrected chi connectivity index (χ2v) is 4.86. The van der Waals surface area contributed by atoms with E-state index in [-0.39, 0.29) is 14.9 Å². The zero-order chi connectivity index (χ0) is 14.2. The van der Waals surface area contributed by atoms with Crippen molar-refractivity contribution < 1.29 is 18.6 Å². The van der Waals surface area contributed by atoms with E-state index < -0.39 is 0 Å². The van der Waals surface area contributed by atoms with Gasteiger partial charge in [0.2, 0.25) is 12.7 Å². The Morgan fingerprint density at radius 2 is 1.14 bits per heavy atom. The molecule has 0 unspecified atom stereocenters. The Balaban J connectivity index is 0.00000220. The van der Waals surface area contributed by atoms with Crippen molar-refractivity contribution in [1.29, 1.82) is 0 Å². The average molecular weight is 312 g/mol. The summed E-state index contributed by atoms with van der Waals surface area (Å²) in [5.41, 5.74) is 0. The SMILES string of the molecule is C.C.C[n+]1ccn(CCOCCOCCn2cc[n+](C)c2)c1. The molecule has 0 N–H and O–H groups in total. The molecule has 6 heteroatoms. The minimum absolute atomic E-state index is 0. The van der Waals surface area contributed by atoms with Crippen molar-refractivity contribution in [2.45, 2.75) is 27.9 Å². The first kappa shape index (κ1) is 20.3. The molecule has 0 bridgehead atoms. The third-order valence-corrected chi connectivity index (χ3v) is 3.01. The number of imidazole rings is 2. The first-order chi connectivity index (χ1) is 9.74. The second-order valence-electron chi connectivity index (χ2n) is 4.86. The van der Waals surface area contributed by atoms with Crippen LogP contribution >= 0.6 is 0 Å². The van der Waals surface area contributed by atoms with Gasteiger partial charge in [-0.1, -0.05) is 14.9 Å². The average Bonchev–Trinajstić information content (AvgIpc) is 3.02. The Labute approximate surface area is 134 Å². The van der Waals surface area contributed by atoms with Gasteiger partial charge in [0.15, 0.2) is 0 Å². The Morgan fingerprint density at radius 1 is 0.727 bits per heavy atom. The molecule has 0 radical (unpaired) electrons. The van der Waals surface area contributed by atoms with Crippen LogP contribution in [0.1, 0.15) is 14.9 Å². The third-order valence-electron chi connectivity index (χ3n) is 3.01. The van der Waals surface area contributed by atoms with Crippen molar-refractivity contribution in [3.8, 4) is 0 Å². The number of nitrogens with zero attached hydrogens (tertiary/aromatic N) is 4. The van der Waals surface area contributed by atoms with Crippen LogP contribution in [0.2, 0.25) is 0 Å². The summed E-state index contributed by atoms with van der Waals surface area (Å²) in [6, 6.07) is 0. The number of rotatable bonds is 9. The maximum atomic E-state index is 5.54. The van der Waals surface area contributed by atoms with Crippen LogP contribution in [0.4, 0.5) is 0 Å². The van der Waals surface area contributed by atoms with Gasteiger partial charge < -0.3 is 9.47 Å². The van der Waals surface area contributed by atoms with Gasteiger partial charge in [-0.05, 0) is 0 Å². The zero-order valence-electron chi connectivity index (χ0n) is 12.3. The molecule has 0 atom stereocenters. The third kappa shape index (κ3) is 7.38. The van der Waals surface area contributed by atoms with Crippen molar-refractivity contribution in [1.82, 2.24) is 9.13 Å². The lowest BCUT2D eigenvalue weighted by Gasteiger charge is -2.03. The highest BCUT2D eigenvalue weighted by Gasteiger charge is 2.00. The number of aromatic nitrogens is 4. The predicted molar refractivity (Wildman–Crippen MR) is 86.3 cm³/mol. The monoisotopic (exact) mass is 312 g/mol. The highest BCUT2D eigenvalue weighted by molar-refractivity contribution is 4.66. The van der Waals surface area contributed by atoms with E-state index in [1.807, 2.05) is 60.7 Å². The topological polar surface area (TPSA) is 36.1 Å². The maximum absolute atomic E-state index is 5.54. The Hall–Kier alpha value is -1.66. The fourth-order valence-electron chi connectivity index (χ4n) is 1.93. The molecule has 0 aliphatic heterocycles. The van der Waals surface area contributed by atoms with E-state index >= 15 is 0 Å². The smallest absolute Gasteiger partial charge is 0.243 e. The molecule has 0 aromatic carbocycles. The van der Waals surface area contributed by atoms with Crippen molar-refractivity contribution >= 4 is 0 Å². The van der Waals surface area contributed by atoms with Gasteiger partial charge in [0.25, 0.3) is 0 Å². The van der Waals surface area contributed by atoms with E-state index in [1.54, 1.807) is 0 Å². The van der Waals surface area contributed by atoms with E-state index in [9.17, 15) is 0 Å². The molecular formula is C16H32N4O2+2. The van der Waals surface area contributed by atoms with Crippen molar-refractivity contribution in [3.05, 3.63) is 37.4 Å². The number of hydrogen-bond acceptors (Lipinski definition) is 2. The molecule has 6 nitrogen and oxygen atoms in total. The molecule has 0 saturated heterocycles. The van der Waals surface area contributed by atoms with Gasteiger partial charge in [-0.15, -0.1) is 0 Å². The first-order valence-corrected chi connectivity index (χ1v) is 6.91. The fraction of sp³-hybridized carbons (Fsp3) is 0.625. The summed E-state index contributed by atoms with van der Waals surface area (Å²) >= 11 is 0. The lowest BCUT2D eigenvalue weighted by Crippen LogP contribution is -2.24. The standard InChI is InChI=1S/C14H24N4O2.2CH4/c1-15-3-5-17(13-15)7-9-19-11-12-20-10-8-18-6-4-16(2)14-18;;/h3-6,13-14H,7-12H2,1-2H3;2*1H4/q+2;;. The maximum Gasteiger partial charge on any atom is 0.243 e. The zero-order valence-corrected chi connectivity index (χ0v) is 12.3. The lowest BCUT2D eigenvalue weighted by molar-refractivity contribution is -0.671. The molecular weight excluding hydrogens is 280 g/mol. The molecule has 126 valence electrons. The first-order valence-electron chi connectivity index (χ1n) is 6.91. The van der Waals surface area contributed by atoms with Gasteiger partial charge in [0.05, 0.1) is 40.5 Å². The van der Waals surface area contributed by atoms with Crippen LogP contribution in [0.5, 0.6) is 0 Å². The summed E-state index contributed by atoms with van der Waals surface area (Å²) in [5, 5.41) is 0. The van der Waals surface area contributed by atoms with Crippen LogP contribution in [-0.2, 0) is 36.7 Å². The Bertz CT molecular complexity index is 461. The molecule has 2 rings (SSSR count). The minimum atomic E-state index is 0. The molecule has 2 aromatic rings. The fourth-order valence-corrected chi connectivity index (χ4v) is 1.93. The minimum Gasteiger partial charge on any atom is -0.375 e. The molecule has 0 aliphatic rings. The molecule has 2 aromatic heterocycles. The molecule has 0 spiro atoms. The van der Waals surface area contributed by atoms with Crippen LogP contribution in [-0.4, -0.2) is 35.6 Å². The summed E-state index contributed by atoms with van der Waals surface area (Å²) in [6.07, 6.45) is 12.2. The van der Waals surface area contributed by atoms with Gasteiger partial charge >= 0.3 is 0 Å². The van der Waals surface area contributed by atoms with Crippen molar-refractivity contribution in [2.75, 3.05) is 26.4 Å². The van der Waals surface area contributed by atoms with Crippen LogP contribution in [0.3, 0.4) is 0 Å². The quantitative estimate of drug-likeness (QED) is 0.510. The van der Waals surface area contributed by atoms with Crippen LogP contribution in [0.25, 0.3) is 0 Å². The second kappa shape index (κ2) is 11.0. The van der Waals surface area contributed by atoms with Gasteiger partial charge in [-0.25, -0.2) is 18.3 Å². The van der Waals surface area contributed by atoms with Gasteiger partial charge in [-0.2, -0.15) is 0 Å². The predicted octanol–water partition coefficient (Wildman–Crippen LogP) is 0.944. The number of aryl methyl sites for hydroxylation is 2. The highest BCUT2D eigenvalue weighted by atomic mass is 16.5. The Morgan fingerprint density at radius 3 is 1.45 bits per heavy atom. The van der Waals surface area contributed by atoms with E-state index in [0.29, 0.717) is 26.4 Å². The summed E-state index contributed by atoms with van der Waals surface area (Å²) in [4.78, 5) is 0. The summed E-state index contributed by atoms with van der Waals surface area (Å²) in [7, 11) is 4.02. The molecule has 2 heterocycles.